The number of hydrogen-bond acceptors (Lipinski definition) is 0. The van der Waals surface area contributed by atoms with Crippen LogP contribution in [0.2, 0.25) is 0 Å². The van der Waals surface area contributed by atoms with Crippen LogP contribution in [0.4, 0.5) is 0 Å². The zero-order chi connectivity index (χ0) is 20.8. The predicted molar refractivity (Wildman–Crippen MR) is 138 cm³/mol. The zero-order valence-electron chi connectivity index (χ0n) is 18.2. The minimum absolute atomic E-state index is 0.758. The van der Waals surface area contributed by atoms with Gasteiger partial charge in [-0.05, 0) is 87.4 Å². The van der Waals surface area contributed by atoms with Crippen LogP contribution in [0.5, 0.6) is 0 Å². The summed E-state index contributed by atoms with van der Waals surface area (Å²) >= 11 is 0. The topological polar surface area (TPSA) is 0 Å². The van der Waals surface area contributed by atoms with Gasteiger partial charge in [0.15, 0.2) is 0 Å². The second-order valence-electron chi connectivity index (χ2n) is 9.18. The van der Waals surface area contributed by atoms with E-state index in [-0.39, 0.29) is 0 Å². The smallest absolute Gasteiger partial charge is 0.0842 e. The predicted octanol–water partition coefficient (Wildman–Crippen LogP) is 6.82. The lowest BCUT2D eigenvalue weighted by Gasteiger charge is -2.30. The molecule has 0 aromatic heterocycles. The molecule has 0 heterocycles. The lowest BCUT2D eigenvalue weighted by atomic mass is 9.75. The minimum Gasteiger partial charge on any atom is -0.0842 e. The molecular formula is C30H27B. The fourth-order valence-electron chi connectivity index (χ4n) is 5.89. The summed E-state index contributed by atoms with van der Waals surface area (Å²) in [4.78, 5) is 0. The standard InChI is InChI=1S/C30H27B/c31-30-19-18-28(25-13-5-6-14-29(25)30)27-17-16-26(23-11-3-4-12-24(23)27)22-15-7-9-20-8-1-2-10-21(20)22/h2-6,10-14,16-20H,1,7-9,15,31H2. The van der Waals surface area contributed by atoms with E-state index in [1.807, 2.05) is 0 Å². The van der Waals surface area contributed by atoms with Crippen LogP contribution >= 0.6 is 0 Å². The summed E-state index contributed by atoms with van der Waals surface area (Å²) in [7, 11) is 2.21. The van der Waals surface area contributed by atoms with Crippen molar-refractivity contribution in [1.82, 2.24) is 0 Å². The largest absolute Gasteiger partial charge is 0.140 e. The Morgan fingerprint density at radius 2 is 1.26 bits per heavy atom. The van der Waals surface area contributed by atoms with Gasteiger partial charge in [0, 0.05) is 0 Å². The van der Waals surface area contributed by atoms with Crippen molar-refractivity contribution in [2.75, 3.05) is 0 Å². The van der Waals surface area contributed by atoms with E-state index in [1.165, 1.54) is 75.8 Å². The highest BCUT2D eigenvalue weighted by Gasteiger charge is 2.25. The van der Waals surface area contributed by atoms with Crippen molar-refractivity contribution in [3.05, 3.63) is 96.1 Å². The molecule has 0 aliphatic heterocycles. The molecule has 6 rings (SSSR count). The Labute approximate surface area is 185 Å². The summed E-state index contributed by atoms with van der Waals surface area (Å²) < 4.78 is 0. The molecule has 0 N–H and O–H groups in total. The van der Waals surface area contributed by atoms with Gasteiger partial charge in [0.25, 0.3) is 0 Å². The van der Waals surface area contributed by atoms with Crippen LogP contribution < -0.4 is 5.46 Å². The van der Waals surface area contributed by atoms with Crippen molar-refractivity contribution >= 4 is 40.4 Å². The normalized spacial score (nSPS) is 18.5. The number of fused-ring (bicyclic) bond motifs is 3. The fraction of sp³-hybridized carbons (Fsp3) is 0.200. The number of hydrogen-bond donors (Lipinski definition) is 0. The molecule has 150 valence electrons. The highest BCUT2D eigenvalue weighted by Crippen LogP contribution is 2.44. The molecule has 0 bridgehead atoms. The summed E-state index contributed by atoms with van der Waals surface area (Å²) in [6.07, 6.45) is 11.2. The van der Waals surface area contributed by atoms with Gasteiger partial charge in [-0.1, -0.05) is 90.4 Å². The van der Waals surface area contributed by atoms with Crippen LogP contribution in [0.1, 0.15) is 37.7 Å². The Hall–Kier alpha value is -3.06. The van der Waals surface area contributed by atoms with Gasteiger partial charge < -0.3 is 0 Å². The van der Waals surface area contributed by atoms with Crippen molar-refractivity contribution in [3.8, 4) is 11.1 Å². The van der Waals surface area contributed by atoms with Crippen molar-refractivity contribution in [3.63, 3.8) is 0 Å². The number of rotatable bonds is 2. The number of allylic oxidation sites excluding steroid dienone is 4. The summed E-state index contributed by atoms with van der Waals surface area (Å²) in [6.45, 7) is 0. The van der Waals surface area contributed by atoms with Crippen LogP contribution in [0.15, 0.2) is 90.5 Å². The van der Waals surface area contributed by atoms with Crippen LogP contribution in [0.25, 0.3) is 38.2 Å². The molecule has 0 spiro atoms. The maximum atomic E-state index is 2.43. The van der Waals surface area contributed by atoms with E-state index in [1.54, 1.807) is 11.1 Å². The van der Waals surface area contributed by atoms with Gasteiger partial charge in [-0.15, -0.1) is 0 Å². The van der Waals surface area contributed by atoms with Crippen molar-refractivity contribution < 1.29 is 0 Å². The maximum absolute atomic E-state index is 2.43. The molecule has 0 saturated heterocycles. The minimum atomic E-state index is 0.758. The van der Waals surface area contributed by atoms with Gasteiger partial charge in [0.05, 0.1) is 0 Å². The zero-order valence-corrected chi connectivity index (χ0v) is 18.2. The molecule has 4 aromatic rings. The van der Waals surface area contributed by atoms with E-state index >= 15 is 0 Å². The van der Waals surface area contributed by atoms with Gasteiger partial charge >= 0.3 is 0 Å². The third-order valence-corrected chi connectivity index (χ3v) is 7.43. The Kier molecular flexibility index (Phi) is 4.57. The van der Waals surface area contributed by atoms with E-state index in [4.69, 9.17) is 0 Å². The SMILES string of the molecule is Bc1ccc(-c2ccc(C3=C4C=CCCC4CCC3)c3ccccc23)c2ccccc12. The molecular weight excluding hydrogens is 371 g/mol. The fourth-order valence-corrected chi connectivity index (χ4v) is 5.89. The molecule has 31 heavy (non-hydrogen) atoms. The molecule has 2 aliphatic rings. The molecule has 0 amide bonds. The van der Waals surface area contributed by atoms with Gasteiger partial charge in [-0.3, -0.25) is 0 Å². The average molecular weight is 398 g/mol. The Bertz CT molecular complexity index is 1370. The summed E-state index contributed by atoms with van der Waals surface area (Å²) in [5, 5.41) is 5.45. The first kappa shape index (κ1) is 18.7. The Morgan fingerprint density at radius 1 is 0.645 bits per heavy atom. The first-order valence-electron chi connectivity index (χ1n) is 11.7. The number of benzene rings is 4. The second-order valence-corrected chi connectivity index (χ2v) is 9.18. The van der Waals surface area contributed by atoms with Crippen molar-refractivity contribution in [2.45, 2.75) is 32.1 Å². The summed E-state index contributed by atoms with van der Waals surface area (Å²) in [6, 6.07) is 27.2. The molecule has 0 saturated carbocycles. The first-order valence-corrected chi connectivity index (χ1v) is 11.7. The van der Waals surface area contributed by atoms with Crippen molar-refractivity contribution in [2.24, 2.45) is 5.92 Å². The van der Waals surface area contributed by atoms with E-state index in [0.717, 1.165) is 5.92 Å². The Morgan fingerprint density at radius 3 is 2.03 bits per heavy atom. The van der Waals surface area contributed by atoms with Crippen LogP contribution in [0.3, 0.4) is 0 Å². The summed E-state index contributed by atoms with van der Waals surface area (Å²) in [5.41, 5.74) is 8.65. The third kappa shape index (κ3) is 3.07. The molecule has 1 unspecified atom stereocenters. The molecule has 0 nitrogen and oxygen atoms in total. The lowest BCUT2D eigenvalue weighted by molar-refractivity contribution is 0.487. The van der Waals surface area contributed by atoms with Crippen LogP contribution in [0, 0.1) is 5.92 Å². The molecule has 4 aromatic carbocycles. The third-order valence-electron chi connectivity index (χ3n) is 7.43. The maximum Gasteiger partial charge on any atom is 0.140 e. The van der Waals surface area contributed by atoms with Crippen LogP contribution in [-0.2, 0) is 0 Å². The molecule has 2 aliphatic carbocycles. The molecule has 0 radical (unpaired) electrons. The Balaban J connectivity index is 1.62. The average Bonchev–Trinajstić information content (AvgIpc) is 2.84. The summed E-state index contributed by atoms with van der Waals surface area (Å²) in [5.74, 6) is 0.758. The monoisotopic (exact) mass is 398 g/mol. The van der Waals surface area contributed by atoms with E-state index in [9.17, 15) is 0 Å². The molecule has 1 heteroatoms. The van der Waals surface area contributed by atoms with E-state index in [0.29, 0.717) is 0 Å². The highest BCUT2D eigenvalue weighted by atomic mass is 14.3. The van der Waals surface area contributed by atoms with Gasteiger partial charge in [-0.25, -0.2) is 0 Å². The van der Waals surface area contributed by atoms with Crippen molar-refractivity contribution in [1.29, 1.82) is 0 Å². The highest BCUT2D eigenvalue weighted by molar-refractivity contribution is 6.39. The van der Waals surface area contributed by atoms with Gasteiger partial charge in [0.1, 0.15) is 7.85 Å². The van der Waals surface area contributed by atoms with Gasteiger partial charge in [-0.2, -0.15) is 0 Å². The quantitative estimate of drug-likeness (QED) is 0.325. The van der Waals surface area contributed by atoms with Crippen LogP contribution in [-0.4, -0.2) is 7.85 Å². The molecule has 0 fully saturated rings. The van der Waals surface area contributed by atoms with E-state index < -0.39 is 0 Å². The lowest BCUT2D eigenvalue weighted by Crippen LogP contribution is -2.13. The van der Waals surface area contributed by atoms with Gasteiger partial charge in [0.2, 0.25) is 0 Å². The first-order chi connectivity index (χ1) is 15.3. The molecule has 1 atom stereocenters. The second kappa shape index (κ2) is 7.57. The van der Waals surface area contributed by atoms with E-state index in [2.05, 4.69) is 92.8 Å².